The summed E-state index contributed by atoms with van der Waals surface area (Å²) < 4.78 is 24.8. The molecule has 0 fully saturated rings. The summed E-state index contributed by atoms with van der Waals surface area (Å²) in [6.07, 6.45) is 12.2. The van der Waals surface area contributed by atoms with Gasteiger partial charge in [0.1, 0.15) is 11.2 Å². The third-order valence-electron chi connectivity index (χ3n) is 10.8. The second-order valence-corrected chi connectivity index (χ2v) is 14.1. The van der Waals surface area contributed by atoms with E-state index >= 15 is 0 Å². The van der Waals surface area contributed by atoms with E-state index in [0.29, 0.717) is 75.8 Å². The zero-order valence-electron chi connectivity index (χ0n) is 32.8. The molecular weight excluding hydrogens is 600 g/mol. The molecule has 0 heterocycles. The van der Waals surface area contributed by atoms with Gasteiger partial charge in [0, 0.05) is 26.1 Å². The van der Waals surface area contributed by atoms with E-state index in [1.165, 1.54) is 0 Å². The van der Waals surface area contributed by atoms with E-state index in [2.05, 4.69) is 41.5 Å². The molecule has 2 unspecified atom stereocenters. The van der Waals surface area contributed by atoms with Crippen LogP contribution in [0.25, 0.3) is 0 Å². The summed E-state index contributed by atoms with van der Waals surface area (Å²) in [6, 6.07) is 8.20. The van der Waals surface area contributed by atoms with Crippen LogP contribution < -0.4 is 0 Å². The highest BCUT2D eigenvalue weighted by Crippen LogP contribution is 2.29. The van der Waals surface area contributed by atoms with Gasteiger partial charge >= 0.3 is 0 Å². The lowest BCUT2D eigenvalue weighted by Crippen LogP contribution is -2.40. The molecule has 0 amide bonds. The molecule has 0 radical (unpaired) electrons. The highest BCUT2D eigenvalue weighted by molar-refractivity contribution is 5.87. The summed E-state index contributed by atoms with van der Waals surface area (Å²) in [5, 5.41) is 0. The average Bonchev–Trinajstić information content (AvgIpc) is 3.11. The van der Waals surface area contributed by atoms with Crippen molar-refractivity contribution >= 4 is 11.6 Å². The number of carbonyl (C=O) groups excluding carboxylic acids is 2. The molecule has 0 bridgehead atoms. The van der Waals surface area contributed by atoms with Crippen molar-refractivity contribution in [3.8, 4) is 0 Å². The zero-order chi connectivity index (χ0) is 36.0. The Morgan fingerprint density at radius 1 is 0.542 bits per heavy atom. The van der Waals surface area contributed by atoms with Gasteiger partial charge in [-0.1, -0.05) is 93.5 Å². The molecule has 48 heavy (non-hydrogen) atoms. The molecule has 1 aromatic carbocycles. The van der Waals surface area contributed by atoms with Crippen LogP contribution in [0.4, 0.5) is 0 Å². The van der Waals surface area contributed by atoms with Crippen LogP contribution in [-0.2, 0) is 41.8 Å². The predicted octanol–water partition coefficient (Wildman–Crippen LogP) is 11.0. The number of benzene rings is 1. The van der Waals surface area contributed by atoms with Crippen molar-refractivity contribution in [2.24, 2.45) is 11.8 Å². The van der Waals surface area contributed by atoms with Gasteiger partial charge in [-0.2, -0.15) is 0 Å². The zero-order valence-corrected chi connectivity index (χ0v) is 32.8. The smallest absolute Gasteiger partial charge is 0.164 e. The fourth-order valence-electron chi connectivity index (χ4n) is 6.45. The van der Waals surface area contributed by atoms with Crippen molar-refractivity contribution in [3.05, 3.63) is 35.4 Å². The molecule has 6 nitrogen and oxygen atoms in total. The molecule has 0 saturated carbocycles. The van der Waals surface area contributed by atoms with Gasteiger partial charge in [-0.05, 0) is 100 Å². The Morgan fingerprint density at radius 3 is 1.12 bits per heavy atom. The molecule has 0 spiro atoms. The minimum atomic E-state index is -0.756. The van der Waals surface area contributed by atoms with Gasteiger partial charge in [0.15, 0.2) is 11.6 Å². The molecule has 0 aliphatic carbocycles. The van der Waals surface area contributed by atoms with E-state index in [0.717, 1.165) is 75.7 Å². The van der Waals surface area contributed by atoms with E-state index in [1.807, 2.05) is 52.0 Å². The van der Waals surface area contributed by atoms with Gasteiger partial charge in [0.2, 0.25) is 0 Å². The first-order valence-electron chi connectivity index (χ1n) is 19.7. The first-order chi connectivity index (χ1) is 23.0. The molecule has 0 aromatic heterocycles. The normalized spacial score (nSPS) is 13.8. The quantitative estimate of drug-likeness (QED) is 0.0809. The lowest BCUT2D eigenvalue weighted by Gasteiger charge is -2.31. The van der Waals surface area contributed by atoms with E-state index in [-0.39, 0.29) is 11.6 Å². The van der Waals surface area contributed by atoms with Crippen molar-refractivity contribution < 1.29 is 28.5 Å². The van der Waals surface area contributed by atoms with Crippen LogP contribution in [0.2, 0.25) is 0 Å². The lowest BCUT2D eigenvalue weighted by atomic mass is 9.87. The molecule has 0 N–H and O–H groups in total. The number of Topliss-reactive ketones (excluding diaryl/α,β-unsaturated/α-hetero) is 2. The molecule has 278 valence electrons. The van der Waals surface area contributed by atoms with Crippen molar-refractivity contribution in [2.75, 3.05) is 13.2 Å². The summed E-state index contributed by atoms with van der Waals surface area (Å²) in [6.45, 7) is 23.6. The Balaban J connectivity index is 2.65. The van der Waals surface area contributed by atoms with Crippen LogP contribution >= 0.6 is 0 Å². The maximum absolute atomic E-state index is 13.4. The third kappa shape index (κ3) is 15.1. The molecule has 0 aliphatic rings. The van der Waals surface area contributed by atoms with E-state index < -0.39 is 11.2 Å². The van der Waals surface area contributed by atoms with Crippen LogP contribution in [-0.4, -0.2) is 48.2 Å². The Morgan fingerprint density at radius 2 is 0.854 bits per heavy atom. The van der Waals surface area contributed by atoms with Gasteiger partial charge in [0.05, 0.1) is 25.4 Å². The highest BCUT2D eigenvalue weighted by atomic mass is 16.5. The highest BCUT2D eigenvalue weighted by Gasteiger charge is 2.36. The van der Waals surface area contributed by atoms with Crippen molar-refractivity contribution in [3.63, 3.8) is 0 Å². The topological polar surface area (TPSA) is 71.1 Å². The third-order valence-corrected chi connectivity index (χ3v) is 10.8. The molecule has 2 atom stereocenters. The fourth-order valence-corrected chi connectivity index (χ4v) is 6.45. The second-order valence-electron chi connectivity index (χ2n) is 14.1. The summed E-state index contributed by atoms with van der Waals surface area (Å²) >= 11 is 0. The maximum Gasteiger partial charge on any atom is 0.164 e. The number of hydrogen-bond acceptors (Lipinski definition) is 6. The molecule has 1 aromatic rings. The molecule has 0 aliphatic heterocycles. The van der Waals surface area contributed by atoms with Gasteiger partial charge < -0.3 is 18.9 Å². The average molecular weight is 675 g/mol. The maximum atomic E-state index is 13.4. The van der Waals surface area contributed by atoms with Crippen molar-refractivity contribution in [1.29, 1.82) is 0 Å². The predicted molar refractivity (Wildman–Crippen MR) is 199 cm³/mol. The second kappa shape index (κ2) is 24.5. The first kappa shape index (κ1) is 44.4. The van der Waals surface area contributed by atoms with Crippen LogP contribution in [0.3, 0.4) is 0 Å². The first-order valence-corrected chi connectivity index (χ1v) is 19.7. The Bertz CT molecular complexity index is 893. The molecule has 0 saturated heterocycles. The number of ketones is 2. The standard InChI is InChI=1S/C42H74O6/c1-11-37(12-2)45-29-27-33(9)19-25-39(43)41(15-5,16-6)47-31-35-21-23-36(24-22-35)32-48-42(17-7,18-8)40(44)26-20-34(10)28-30-46-38(13-3)14-4/h21-24,33-34,37-38H,11-20,25-32H2,1-10H3. The number of rotatable bonds is 30. The van der Waals surface area contributed by atoms with E-state index in [4.69, 9.17) is 18.9 Å². The van der Waals surface area contributed by atoms with Gasteiger partial charge in [-0.3, -0.25) is 9.59 Å². The lowest BCUT2D eigenvalue weighted by molar-refractivity contribution is -0.149. The minimum absolute atomic E-state index is 0.203. The van der Waals surface area contributed by atoms with E-state index in [1.54, 1.807) is 0 Å². The van der Waals surface area contributed by atoms with Gasteiger partial charge in [-0.25, -0.2) is 0 Å². The van der Waals surface area contributed by atoms with Crippen molar-refractivity contribution in [2.45, 2.75) is 196 Å². The van der Waals surface area contributed by atoms with Gasteiger partial charge in [-0.15, -0.1) is 0 Å². The van der Waals surface area contributed by atoms with Crippen LogP contribution in [0.15, 0.2) is 24.3 Å². The number of hydrogen-bond donors (Lipinski definition) is 0. The Kier molecular flexibility index (Phi) is 22.7. The largest absolute Gasteiger partial charge is 0.378 e. The fraction of sp³-hybridized carbons (Fsp3) is 0.810. The Labute approximate surface area is 295 Å². The molecule has 1 rings (SSSR count). The molecular formula is C42H74O6. The molecule has 6 heteroatoms. The number of carbonyl (C=O) groups is 2. The van der Waals surface area contributed by atoms with E-state index in [9.17, 15) is 9.59 Å². The summed E-state index contributed by atoms with van der Waals surface area (Å²) in [5.41, 5.74) is 0.543. The Hall–Kier alpha value is -1.60. The van der Waals surface area contributed by atoms with Gasteiger partial charge in [0.25, 0.3) is 0 Å². The van der Waals surface area contributed by atoms with Crippen molar-refractivity contribution in [1.82, 2.24) is 0 Å². The summed E-state index contributed by atoms with van der Waals surface area (Å²) in [7, 11) is 0. The summed E-state index contributed by atoms with van der Waals surface area (Å²) in [4.78, 5) is 26.9. The minimum Gasteiger partial charge on any atom is -0.378 e. The summed E-state index contributed by atoms with van der Waals surface area (Å²) in [5.74, 6) is 1.28. The van der Waals surface area contributed by atoms with Crippen LogP contribution in [0.1, 0.15) is 170 Å². The monoisotopic (exact) mass is 675 g/mol. The van der Waals surface area contributed by atoms with Crippen LogP contribution in [0, 0.1) is 11.8 Å². The SMILES string of the molecule is CCC(CC)OCCC(C)CCC(=O)C(CC)(CC)OCc1ccc(COC(CC)(CC)C(=O)CCC(C)CCOC(CC)CC)cc1. The number of ether oxygens (including phenoxy) is 4. The van der Waals surface area contributed by atoms with Crippen LogP contribution in [0.5, 0.6) is 0 Å².